The molecule has 30 heavy (non-hydrogen) atoms. The molecule has 2 rings (SSSR count). The highest BCUT2D eigenvalue weighted by Crippen LogP contribution is 2.36. The summed E-state index contributed by atoms with van der Waals surface area (Å²) in [6.45, 7) is 12.2. The van der Waals surface area contributed by atoms with Crippen molar-refractivity contribution in [3.8, 4) is 22.6 Å². The quantitative estimate of drug-likeness (QED) is 0.245. The van der Waals surface area contributed by atoms with Gasteiger partial charge in [0.15, 0.2) is 0 Å². The molecule has 0 aliphatic rings. The number of ether oxygens (including phenoxy) is 4. The van der Waals surface area contributed by atoms with Crippen molar-refractivity contribution in [2.45, 2.75) is 27.1 Å². The molecule has 1 atom stereocenters. The highest BCUT2D eigenvalue weighted by molar-refractivity contribution is 5.87. The van der Waals surface area contributed by atoms with Crippen LogP contribution in [0.3, 0.4) is 0 Å². The second-order valence-electron chi connectivity index (χ2n) is 6.63. The predicted molar refractivity (Wildman–Crippen MR) is 114 cm³/mol. The Balaban J connectivity index is 2.14. The van der Waals surface area contributed by atoms with Gasteiger partial charge in [0, 0.05) is 29.2 Å². The maximum atomic E-state index is 11.7. The monoisotopic (exact) mass is 410 g/mol. The Morgan fingerprint density at radius 2 is 1.37 bits per heavy atom. The number of para-hydroxylation sites is 2. The third-order valence-electron chi connectivity index (χ3n) is 3.90. The van der Waals surface area contributed by atoms with Crippen LogP contribution in [0.5, 0.6) is 11.5 Å². The fraction of sp³-hybridized carbons (Fsp3) is 0.250. The first-order chi connectivity index (χ1) is 14.3. The normalized spacial score (nSPS) is 11.2. The van der Waals surface area contributed by atoms with E-state index in [1.807, 2.05) is 42.5 Å². The van der Waals surface area contributed by atoms with Gasteiger partial charge in [0.2, 0.25) is 6.29 Å². The van der Waals surface area contributed by atoms with Crippen molar-refractivity contribution in [2.24, 2.45) is 0 Å². The average molecular weight is 410 g/mol. The van der Waals surface area contributed by atoms with Crippen LogP contribution in [0.2, 0.25) is 0 Å². The summed E-state index contributed by atoms with van der Waals surface area (Å²) >= 11 is 0. The Morgan fingerprint density at radius 3 is 1.97 bits per heavy atom. The van der Waals surface area contributed by atoms with Crippen molar-refractivity contribution in [2.75, 3.05) is 13.2 Å². The van der Waals surface area contributed by atoms with Crippen LogP contribution in [0.25, 0.3) is 11.1 Å². The van der Waals surface area contributed by atoms with Crippen LogP contribution in [-0.2, 0) is 19.1 Å². The van der Waals surface area contributed by atoms with Crippen molar-refractivity contribution >= 4 is 11.9 Å². The molecule has 0 spiro atoms. The van der Waals surface area contributed by atoms with E-state index in [-0.39, 0.29) is 13.2 Å². The summed E-state index contributed by atoms with van der Waals surface area (Å²) in [5, 5.41) is 0. The molecule has 0 aromatic heterocycles. The molecule has 0 amide bonds. The van der Waals surface area contributed by atoms with Gasteiger partial charge in [-0.15, -0.1) is 0 Å². The van der Waals surface area contributed by atoms with Crippen LogP contribution >= 0.6 is 0 Å². The third kappa shape index (κ3) is 6.51. The molecule has 0 aliphatic carbocycles. The van der Waals surface area contributed by atoms with Gasteiger partial charge >= 0.3 is 11.9 Å². The predicted octanol–water partition coefficient (Wildman–Crippen LogP) is 4.70. The highest BCUT2D eigenvalue weighted by Gasteiger charge is 2.16. The molecular formula is C24H26O6. The highest BCUT2D eigenvalue weighted by atomic mass is 16.7. The van der Waals surface area contributed by atoms with E-state index < -0.39 is 18.2 Å². The Kier molecular flexibility index (Phi) is 8.23. The fourth-order valence-corrected chi connectivity index (χ4v) is 2.47. The number of rotatable bonds is 10. The lowest BCUT2D eigenvalue weighted by Crippen LogP contribution is -2.21. The van der Waals surface area contributed by atoms with E-state index in [1.165, 1.54) is 0 Å². The fourth-order valence-electron chi connectivity index (χ4n) is 2.47. The minimum atomic E-state index is -0.801. The van der Waals surface area contributed by atoms with E-state index in [9.17, 15) is 9.59 Å². The van der Waals surface area contributed by atoms with Gasteiger partial charge in [0.05, 0.1) is 0 Å². The van der Waals surface area contributed by atoms with Gasteiger partial charge in [0.1, 0.15) is 24.7 Å². The Labute approximate surface area is 176 Å². The van der Waals surface area contributed by atoms with E-state index >= 15 is 0 Å². The van der Waals surface area contributed by atoms with Gasteiger partial charge in [-0.2, -0.15) is 0 Å². The SMILES string of the molecule is C=C(C)C(=O)OCCOc1ccccc1-c1ccccc1OC(C)OC(=O)C(=C)C. The number of carbonyl (C=O) groups excluding carboxylic acids is 2. The number of hydrogen-bond acceptors (Lipinski definition) is 6. The number of carbonyl (C=O) groups is 2. The van der Waals surface area contributed by atoms with Crippen LogP contribution in [0.1, 0.15) is 20.8 Å². The molecule has 6 heteroatoms. The molecule has 0 saturated carbocycles. The third-order valence-corrected chi connectivity index (χ3v) is 3.90. The molecule has 0 bridgehead atoms. The summed E-state index contributed by atoms with van der Waals surface area (Å²) in [7, 11) is 0. The zero-order valence-corrected chi connectivity index (χ0v) is 17.5. The lowest BCUT2D eigenvalue weighted by molar-refractivity contribution is -0.156. The summed E-state index contributed by atoms with van der Waals surface area (Å²) < 4.78 is 21.9. The summed E-state index contributed by atoms with van der Waals surface area (Å²) in [6.07, 6.45) is -0.801. The maximum absolute atomic E-state index is 11.7. The van der Waals surface area contributed by atoms with Crippen molar-refractivity contribution in [1.82, 2.24) is 0 Å². The molecule has 6 nitrogen and oxygen atoms in total. The second-order valence-corrected chi connectivity index (χ2v) is 6.63. The van der Waals surface area contributed by atoms with E-state index in [0.29, 0.717) is 22.6 Å². The van der Waals surface area contributed by atoms with Gasteiger partial charge in [-0.05, 0) is 26.0 Å². The number of esters is 2. The first kappa shape index (κ1) is 22.7. The van der Waals surface area contributed by atoms with Crippen LogP contribution in [0.4, 0.5) is 0 Å². The molecule has 0 N–H and O–H groups in total. The molecule has 1 unspecified atom stereocenters. The van der Waals surface area contributed by atoms with Gasteiger partial charge in [-0.3, -0.25) is 0 Å². The smallest absolute Gasteiger partial charge is 0.336 e. The van der Waals surface area contributed by atoms with Crippen molar-refractivity contribution in [3.05, 3.63) is 72.8 Å². The Morgan fingerprint density at radius 1 is 0.833 bits per heavy atom. The molecule has 0 fully saturated rings. The van der Waals surface area contributed by atoms with Gasteiger partial charge < -0.3 is 18.9 Å². The Hall–Kier alpha value is -3.54. The molecule has 2 aromatic rings. The van der Waals surface area contributed by atoms with E-state index in [1.54, 1.807) is 26.8 Å². The largest absolute Gasteiger partial charge is 0.489 e. The van der Waals surface area contributed by atoms with Crippen LogP contribution in [0, 0.1) is 0 Å². The van der Waals surface area contributed by atoms with Crippen LogP contribution in [0.15, 0.2) is 72.8 Å². The molecule has 0 aliphatic heterocycles. The maximum Gasteiger partial charge on any atom is 0.336 e. The Bertz CT molecular complexity index is 931. The first-order valence-corrected chi connectivity index (χ1v) is 9.46. The topological polar surface area (TPSA) is 71.1 Å². The second kappa shape index (κ2) is 10.9. The standard InChI is InChI=1S/C24H26O6/c1-16(2)23(25)28-15-14-27-21-12-8-6-10-19(21)20-11-7-9-13-22(20)29-18(5)30-24(26)17(3)4/h6-13,18H,1,3,14-15H2,2,4-5H3. The van der Waals surface area contributed by atoms with Crippen LogP contribution < -0.4 is 9.47 Å². The summed E-state index contributed by atoms with van der Waals surface area (Å²) in [6, 6.07) is 14.8. The lowest BCUT2D eigenvalue weighted by atomic mass is 10.0. The minimum absolute atomic E-state index is 0.103. The molecule has 0 heterocycles. The molecule has 158 valence electrons. The molecule has 0 radical (unpaired) electrons. The van der Waals surface area contributed by atoms with E-state index in [4.69, 9.17) is 18.9 Å². The zero-order valence-electron chi connectivity index (χ0n) is 17.5. The minimum Gasteiger partial charge on any atom is -0.489 e. The van der Waals surface area contributed by atoms with Gasteiger partial charge in [0.25, 0.3) is 0 Å². The molecule has 2 aromatic carbocycles. The summed E-state index contributed by atoms with van der Waals surface area (Å²) in [4.78, 5) is 23.2. The summed E-state index contributed by atoms with van der Waals surface area (Å²) in [5.41, 5.74) is 2.19. The van der Waals surface area contributed by atoms with Gasteiger partial charge in [-0.1, -0.05) is 49.6 Å². The van der Waals surface area contributed by atoms with Crippen molar-refractivity contribution in [1.29, 1.82) is 0 Å². The average Bonchev–Trinajstić information content (AvgIpc) is 2.71. The van der Waals surface area contributed by atoms with Crippen molar-refractivity contribution in [3.63, 3.8) is 0 Å². The molecule has 0 saturated heterocycles. The van der Waals surface area contributed by atoms with E-state index in [2.05, 4.69) is 13.2 Å². The molecular weight excluding hydrogens is 384 g/mol. The van der Waals surface area contributed by atoms with Crippen LogP contribution in [-0.4, -0.2) is 31.4 Å². The van der Waals surface area contributed by atoms with Crippen molar-refractivity contribution < 1.29 is 28.5 Å². The zero-order chi connectivity index (χ0) is 22.1. The summed E-state index contributed by atoms with van der Waals surface area (Å²) in [5.74, 6) is 0.160. The lowest BCUT2D eigenvalue weighted by Gasteiger charge is -2.19. The number of benzene rings is 2. The number of hydrogen-bond donors (Lipinski definition) is 0. The van der Waals surface area contributed by atoms with E-state index in [0.717, 1.165) is 11.1 Å². The first-order valence-electron chi connectivity index (χ1n) is 9.46. The van der Waals surface area contributed by atoms with Gasteiger partial charge in [-0.25, -0.2) is 9.59 Å².